The molecule has 0 saturated carbocycles. The van der Waals surface area contributed by atoms with Crippen LogP contribution in [0.25, 0.3) is 0 Å². The van der Waals surface area contributed by atoms with E-state index in [2.05, 4.69) is 26.6 Å². The fourth-order valence-corrected chi connectivity index (χ4v) is 1.99. The molecule has 1 aromatic rings. The maximum atomic E-state index is 11.7. The average molecular weight is 299 g/mol. The molecule has 0 atom stereocenters. The van der Waals surface area contributed by atoms with E-state index in [9.17, 15) is 9.59 Å². The molecular formula is C12H15BrN2O2. The lowest BCUT2D eigenvalue weighted by molar-refractivity contribution is -0.118. The number of rotatable bonds is 4. The standard InChI is InChI=1S/C12H15BrN2O2/c1-8-5-10(7-11(13)6-8)12(17)15-4-3-14-9(2)16/h5-7H,3-4H2,1-2H3,(H,14,16)(H,15,17). The van der Waals surface area contributed by atoms with Gasteiger partial charge in [0.25, 0.3) is 5.91 Å². The number of carbonyl (C=O) groups is 2. The van der Waals surface area contributed by atoms with Crippen molar-refractivity contribution in [3.8, 4) is 0 Å². The maximum absolute atomic E-state index is 11.7. The van der Waals surface area contributed by atoms with Gasteiger partial charge in [0.05, 0.1) is 0 Å². The van der Waals surface area contributed by atoms with Gasteiger partial charge in [-0.3, -0.25) is 9.59 Å². The third-order valence-electron chi connectivity index (χ3n) is 2.09. The summed E-state index contributed by atoms with van der Waals surface area (Å²) >= 11 is 3.35. The normalized spacial score (nSPS) is 9.82. The summed E-state index contributed by atoms with van der Waals surface area (Å²) in [7, 11) is 0. The molecule has 92 valence electrons. The van der Waals surface area contributed by atoms with Crippen molar-refractivity contribution in [3.63, 3.8) is 0 Å². The van der Waals surface area contributed by atoms with E-state index in [0.717, 1.165) is 10.0 Å². The van der Waals surface area contributed by atoms with Crippen LogP contribution in [0.4, 0.5) is 0 Å². The number of hydrogen-bond acceptors (Lipinski definition) is 2. The Morgan fingerprint density at radius 3 is 2.41 bits per heavy atom. The summed E-state index contributed by atoms with van der Waals surface area (Å²) in [5.74, 6) is -0.239. The van der Waals surface area contributed by atoms with Crippen LogP contribution in [-0.2, 0) is 4.79 Å². The van der Waals surface area contributed by atoms with Crippen LogP contribution in [0.15, 0.2) is 22.7 Å². The Morgan fingerprint density at radius 1 is 1.18 bits per heavy atom. The highest BCUT2D eigenvalue weighted by atomic mass is 79.9. The molecule has 0 unspecified atom stereocenters. The number of aryl methyl sites for hydroxylation is 1. The Labute approximate surface area is 109 Å². The molecule has 0 heterocycles. The first kappa shape index (κ1) is 13.7. The molecule has 2 N–H and O–H groups in total. The first-order chi connectivity index (χ1) is 7.99. The van der Waals surface area contributed by atoms with Gasteiger partial charge in [-0.2, -0.15) is 0 Å². The first-order valence-corrected chi connectivity index (χ1v) is 6.08. The Bertz CT molecular complexity index is 412. The van der Waals surface area contributed by atoms with Crippen LogP contribution in [0.5, 0.6) is 0 Å². The predicted molar refractivity (Wildman–Crippen MR) is 69.9 cm³/mol. The van der Waals surface area contributed by atoms with Gasteiger partial charge in [-0.1, -0.05) is 15.9 Å². The Hall–Kier alpha value is -1.36. The molecule has 0 saturated heterocycles. The smallest absolute Gasteiger partial charge is 0.251 e. The van der Waals surface area contributed by atoms with Gasteiger partial charge in [0.15, 0.2) is 0 Å². The van der Waals surface area contributed by atoms with E-state index in [1.54, 1.807) is 6.07 Å². The van der Waals surface area contributed by atoms with Gasteiger partial charge in [0.2, 0.25) is 5.91 Å². The molecule has 1 aromatic carbocycles. The molecule has 0 bridgehead atoms. The summed E-state index contributed by atoms with van der Waals surface area (Å²) < 4.78 is 0.879. The lowest BCUT2D eigenvalue weighted by Gasteiger charge is -2.07. The minimum absolute atomic E-state index is 0.0995. The number of amides is 2. The molecule has 2 amide bonds. The molecule has 5 heteroatoms. The van der Waals surface area contributed by atoms with Crippen molar-refractivity contribution in [1.82, 2.24) is 10.6 Å². The molecule has 0 aromatic heterocycles. The molecule has 0 radical (unpaired) electrons. The maximum Gasteiger partial charge on any atom is 0.251 e. The van der Waals surface area contributed by atoms with E-state index in [0.29, 0.717) is 18.7 Å². The van der Waals surface area contributed by atoms with Gasteiger partial charge in [-0.05, 0) is 30.7 Å². The molecule has 0 aliphatic rings. The molecule has 0 aliphatic heterocycles. The van der Waals surface area contributed by atoms with E-state index < -0.39 is 0 Å². The molecule has 0 fully saturated rings. The number of halogens is 1. The zero-order chi connectivity index (χ0) is 12.8. The van der Waals surface area contributed by atoms with Crippen molar-refractivity contribution < 1.29 is 9.59 Å². The highest BCUT2D eigenvalue weighted by Gasteiger charge is 2.06. The first-order valence-electron chi connectivity index (χ1n) is 5.29. The van der Waals surface area contributed by atoms with E-state index in [1.165, 1.54) is 6.92 Å². The van der Waals surface area contributed by atoms with Crippen molar-refractivity contribution in [2.45, 2.75) is 13.8 Å². The van der Waals surface area contributed by atoms with Crippen molar-refractivity contribution >= 4 is 27.7 Å². The highest BCUT2D eigenvalue weighted by Crippen LogP contribution is 2.15. The fraction of sp³-hybridized carbons (Fsp3) is 0.333. The van der Waals surface area contributed by atoms with Crippen LogP contribution in [0.3, 0.4) is 0 Å². The number of hydrogen-bond donors (Lipinski definition) is 2. The molecule has 0 aliphatic carbocycles. The van der Waals surface area contributed by atoms with Gasteiger partial charge in [-0.15, -0.1) is 0 Å². The van der Waals surface area contributed by atoms with Crippen LogP contribution >= 0.6 is 15.9 Å². The Kier molecular flexibility index (Phi) is 5.15. The second kappa shape index (κ2) is 6.39. The predicted octanol–water partition coefficient (Wildman–Crippen LogP) is 1.62. The number of carbonyl (C=O) groups excluding carboxylic acids is 2. The van der Waals surface area contributed by atoms with Crippen LogP contribution < -0.4 is 10.6 Å². The summed E-state index contributed by atoms with van der Waals surface area (Å²) in [5.41, 5.74) is 1.63. The van der Waals surface area contributed by atoms with Gasteiger partial charge >= 0.3 is 0 Å². The van der Waals surface area contributed by atoms with Crippen LogP contribution in [-0.4, -0.2) is 24.9 Å². The van der Waals surface area contributed by atoms with Crippen LogP contribution in [0, 0.1) is 6.92 Å². The summed E-state index contributed by atoms with van der Waals surface area (Å²) in [6.07, 6.45) is 0. The summed E-state index contributed by atoms with van der Waals surface area (Å²) in [6, 6.07) is 5.52. The fourth-order valence-electron chi connectivity index (χ4n) is 1.38. The van der Waals surface area contributed by atoms with E-state index in [-0.39, 0.29) is 11.8 Å². The summed E-state index contributed by atoms with van der Waals surface area (Å²) in [6.45, 7) is 4.23. The average Bonchev–Trinajstić information content (AvgIpc) is 2.22. The zero-order valence-corrected chi connectivity index (χ0v) is 11.4. The third kappa shape index (κ3) is 4.99. The van der Waals surface area contributed by atoms with Crippen LogP contribution in [0.2, 0.25) is 0 Å². The SMILES string of the molecule is CC(=O)NCCNC(=O)c1cc(C)cc(Br)c1. The second-order valence-electron chi connectivity index (χ2n) is 3.76. The minimum atomic E-state index is -0.139. The van der Waals surface area contributed by atoms with Gasteiger partial charge < -0.3 is 10.6 Å². The van der Waals surface area contributed by atoms with Gasteiger partial charge in [0.1, 0.15) is 0 Å². The third-order valence-corrected chi connectivity index (χ3v) is 2.55. The van der Waals surface area contributed by atoms with E-state index >= 15 is 0 Å². The van der Waals surface area contributed by atoms with E-state index in [4.69, 9.17) is 0 Å². The summed E-state index contributed by atoms with van der Waals surface area (Å²) in [5, 5.41) is 5.35. The number of nitrogens with one attached hydrogen (secondary N) is 2. The Balaban J connectivity index is 2.49. The monoisotopic (exact) mass is 298 g/mol. The largest absolute Gasteiger partial charge is 0.355 e. The quantitative estimate of drug-likeness (QED) is 0.830. The zero-order valence-electron chi connectivity index (χ0n) is 9.84. The van der Waals surface area contributed by atoms with Gasteiger partial charge in [0, 0.05) is 30.0 Å². The Morgan fingerprint density at radius 2 is 1.82 bits per heavy atom. The van der Waals surface area contributed by atoms with Crippen molar-refractivity contribution in [2.24, 2.45) is 0 Å². The highest BCUT2D eigenvalue weighted by molar-refractivity contribution is 9.10. The lowest BCUT2D eigenvalue weighted by Crippen LogP contribution is -2.33. The van der Waals surface area contributed by atoms with Crippen molar-refractivity contribution in [3.05, 3.63) is 33.8 Å². The van der Waals surface area contributed by atoms with Crippen molar-refractivity contribution in [2.75, 3.05) is 13.1 Å². The lowest BCUT2D eigenvalue weighted by atomic mass is 10.1. The number of benzene rings is 1. The topological polar surface area (TPSA) is 58.2 Å². The molecular weight excluding hydrogens is 284 g/mol. The van der Waals surface area contributed by atoms with E-state index in [1.807, 2.05) is 19.1 Å². The van der Waals surface area contributed by atoms with Crippen molar-refractivity contribution in [1.29, 1.82) is 0 Å². The summed E-state index contributed by atoms with van der Waals surface area (Å²) in [4.78, 5) is 22.4. The molecule has 4 nitrogen and oxygen atoms in total. The minimum Gasteiger partial charge on any atom is -0.355 e. The molecule has 17 heavy (non-hydrogen) atoms. The molecule has 0 spiro atoms. The second-order valence-corrected chi connectivity index (χ2v) is 4.67. The van der Waals surface area contributed by atoms with Crippen LogP contribution in [0.1, 0.15) is 22.8 Å². The van der Waals surface area contributed by atoms with Gasteiger partial charge in [-0.25, -0.2) is 0 Å². The molecule has 1 rings (SSSR count).